The Hall–Kier alpha value is -2.52. The first-order chi connectivity index (χ1) is 13.6. The Morgan fingerprint density at radius 1 is 1.34 bits per heavy atom. The van der Waals surface area contributed by atoms with Gasteiger partial charge in [-0.3, -0.25) is 9.89 Å². The zero-order valence-electron chi connectivity index (χ0n) is 16.7. The molecule has 1 amide bonds. The van der Waals surface area contributed by atoms with E-state index in [1.165, 1.54) is 0 Å². The third-order valence-corrected chi connectivity index (χ3v) is 5.97. The van der Waals surface area contributed by atoms with E-state index in [0.717, 1.165) is 21.6 Å². The van der Waals surface area contributed by atoms with E-state index < -0.39 is 12.2 Å². The van der Waals surface area contributed by atoms with Crippen molar-refractivity contribution in [1.29, 1.82) is 0 Å². The highest BCUT2D eigenvalue weighted by molar-refractivity contribution is 5.79. The lowest BCUT2D eigenvalue weighted by Crippen LogP contribution is -2.37. The van der Waals surface area contributed by atoms with Crippen molar-refractivity contribution in [1.82, 2.24) is 24.9 Å². The number of aromatic nitrogens is 4. The fourth-order valence-corrected chi connectivity index (χ4v) is 4.30. The Balaban J connectivity index is 1.48. The van der Waals surface area contributed by atoms with E-state index in [4.69, 9.17) is 0 Å². The molecular formula is C19H25F3N6O. The second kappa shape index (κ2) is 7.07. The van der Waals surface area contributed by atoms with Gasteiger partial charge in [-0.25, -0.2) is 4.68 Å². The Morgan fingerprint density at radius 2 is 2.10 bits per heavy atom. The van der Waals surface area contributed by atoms with E-state index in [-0.39, 0.29) is 30.7 Å². The van der Waals surface area contributed by atoms with Crippen molar-refractivity contribution in [3.8, 4) is 0 Å². The van der Waals surface area contributed by atoms with Crippen LogP contribution in [0.5, 0.6) is 0 Å². The summed E-state index contributed by atoms with van der Waals surface area (Å²) in [4.78, 5) is 14.5. The molecule has 0 aromatic carbocycles. The summed E-state index contributed by atoms with van der Waals surface area (Å²) in [6.07, 6.45) is -3.42. The van der Waals surface area contributed by atoms with Gasteiger partial charge in [0.05, 0.1) is 17.8 Å². The minimum absolute atomic E-state index is 0.00369. The Morgan fingerprint density at radius 3 is 2.76 bits per heavy atom. The van der Waals surface area contributed by atoms with E-state index in [1.54, 1.807) is 17.9 Å². The number of nitrogens with zero attached hydrogens (tertiary/aromatic N) is 4. The summed E-state index contributed by atoms with van der Waals surface area (Å²) in [6, 6.07) is -0.187. The fourth-order valence-electron chi connectivity index (χ4n) is 4.30. The van der Waals surface area contributed by atoms with Crippen LogP contribution in [0.4, 0.5) is 19.0 Å². The first-order valence-corrected chi connectivity index (χ1v) is 9.84. The predicted molar refractivity (Wildman–Crippen MR) is 101 cm³/mol. The van der Waals surface area contributed by atoms with Gasteiger partial charge in [-0.15, -0.1) is 0 Å². The summed E-state index contributed by atoms with van der Waals surface area (Å²) in [6.45, 7) is 6.53. The number of amides is 1. The van der Waals surface area contributed by atoms with Crippen LogP contribution in [0.1, 0.15) is 54.4 Å². The normalized spacial score (nSPS) is 24.5. The monoisotopic (exact) mass is 410 g/mol. The first kappa shape index (κ1) is 19.8. The first-order valence-electron chi connectivity index (χ1n) is 9.84. The molecule has 1 saturated heterocycles. The molecule has 7 nitrogen and oxygen atoms in total. The van der Waals surface area contributed by atoms with Gasteiger partial charge in [-0.05, 0) is 33.6 Å². The van der Waals surface area contributed by atoms with Gasteiger partial charge in [0.15, 0.2) is 6.04 Å². The second-order valence-corrected chi connectivity index (χ2v) is 8.15. The number of carbonyl (C=O) groups is 1. The molecule has 1 unspecified atom stereocenters. The number of alkyl halides is 3. The molecule has 2 aromatic rings. The Labute approximate surface area is 166 Å². The van der Waals surface area contributed by atoms with Crippen molar-refractivity contribution in [3.05, 3.63) is 28.7 Å². The number of carbonyl (C=O) groups excluding carboxylic acids is 1. The molecular weight excluding hydrogens is 385 g/mol. The molecule has 1 fully saturated rings. The minimum Gasteiger partial charge on any atom is -0.368 e. The van der Waals surface area contributed by atoms with E-state index in [2.05, 4.69) is 20.6 Å². The lowest BCUT2D eigenvalue weighted by molar-refractivity contribution is -0.173. The van der Waals surface area contributed by atoms with E-state index in [9.17, 15) is 18.0 Å². The van der Waals surface area contributed by atoms with Gasteiger partial charge in [-0.2, -0.15) is 23.4 Å². The van der Waals surface area contributed by atoms with Crippen LogP contribution in [0.2, 0.25) is 0 Å². The molecule has 4 rings (SSSR count). The number of aryl methyl sites for hydroxylation is 2. The predicted octanol–water partition coefficient (Wildman–Crippen LogP) is 3.09. The van der Waals surface area contributed by atoms with Crippen LogP contribution in [0.15, 0.2) is 6.07 Å². The molecule has 158 valence electrons. The number of fused-ring (bicyclic) bond motifs is 1. The smallest absolute Gasteiger partial charge is 0.368 e. The topological polar surface area (TPSA) is 78.8 Å². The maximum atomic E-state index is 13.4. The van der Waals surface area contributed by atoms with E-state index >= 15 is 0 Å². The fraction of sp³-hybridized carbons (Fsp3) is 0.632. The maximum absolute atomic E-state index is 13.4. The standard InChI is InChI=1S/C19H25F3N6O/c1-10-6-16(19(20,21)22)28-17(23-10)8-15(26-28)13-4-5-27(9-13)18(29)7-14-11(2)24-25-12(14)3/h8,10,13,16,23H,4-7,9H2,1-3H3,(H,24,25)/t10-,13?,16-/m1/s1. The molecule has 0 saturated carbocycles. The molecule has 2 N–H and O–H groups in total. The molecule has 29 heavy (non-hydrogen) atoms. The summed E-state index contributed by atoms with van der Waals surface area (Å²) in [7, 11) is 0. The molecule has 0 spiro atoms. The lowest BCUT2D eigenvalue weighted by atomic mass is 10.0. The van der Waals surface area contributed by atoms with Crippen LogP contribution >= 0.6 is 0 Å². The van der Waals surface area contributed by atoms with Crippen molar-refractivity contribution in [2.75, 3.05) is 18.4 Å². The van der Waals surface area contributed by atoms with Gasteiger partial charge in [-0.1, -0.05) is 0 Å². The number of hydrogen-bond donors (Lipinski definition) is 2. The van der Waals surface area contributed by atoms with Crippen molar-refractivity contribution in [3.63, 3.8) is 0 Å². The zero-order valence-corrected chi connectivity index (χ0v) is 16.7. The number of aromatic amines is 1. The molecule has 0 aliphatic carbocycles. The average Bonchev–Trinajstić information content (AvgIpc) is 3.34. The van der Waals surface area contributed by atoms with Gasteiger partial charge in [0.25, 0.3) is 0 Å². The van der Waals surface area contributed by atoms with Crippen molar-refractivity contribution >= 4 is 11.7 Å². The van der Waals surface area contributed by atoms with Crippen LogP contribution in [0.25, 0.3) is 0 Å². The SMILES string of the molecule is Cc1n[nH]c(C)c1CC(=O)N1CCC(c2cc3n(n2)[C@@H](C(F)(F)F)C[C@@H](C)N3)C1. The van der Waals surface area contributed by atoms with Gasteiger partial charge < -0.3 is 10.2 Å². The molecule has 2 aromatic heterocycles. The average molecular weight is 410 g/mol. The highest BCUT2D eigenvalue weighted by atomic mass is 19.4. The summed E-state index contributed by atoms with van der Waals surface area (Å²) in [5, 5.41) is 14.4. The number of likely N-dealkylation sites (tertiary alicyclic amines) is 1. The molecule has 2 aliphatic rings. The van der Waals surface area contributed by atoms with Crippen molar-refractivity contribution in [2.45, 2.75) is 64.2 Å². The van der Waals surface area contributed by atoms with E-state index in [0.29, 0.717) is 31.0 Å². The van der Waals surface area contributed by atoms with Crippen LogP contribution in [-0.2, 0) is 11.2 Å². The Bertz CT molecular complexity index is 898. The molecule has 10 heteroatoms. The van der Waals surface area contributed by atoms with Crippen molar-refractivity contribution in [2.24, 2.45) is 0 Å². The molecule has 4 heterocycles. The van der Waals surface area contributed by atoms with Gasteiger partial charge in [0, 0.05) is 42.4 Å². The third-order valence-electron chi connectivity index (χ3n) is 5.97. The number of H-pyrrole nitrogens is 1. The second-order valence-electron chi connectivity index (χ2n) is 8.15. The number of nitrogens with one attached hydrogen (secondary N) is 2. The third kappa shape index (κ3) is 3.72. The highest BCUT2D eigenvalue weighted by Crippen LogP contribution is 2.40. The van der Waals surface area contributed by atoms with Gasteiger partial charge in [0.1, 0.15) is 5.82 Å². The van der Waals surface area contributed by atoms with Gasteiger partial charge in [0.2, 0.25) is 5.91 Å². The number of rotatable bonds is 3. The highest BCUT2D eigenvalue weighted by Gasteiger charge is 2.46. The summed E-state index contributed by atoms with van der Waals surface area (Å²) < 4.78 is 41.4. The van der Waals surface area contributed by atoms with Crippen LogP contribution in [0, 0.1) is 13.8 Å². The van der Waals surface area contributed by atoms with Crippen LogP contribution in [-0.4, -0.2) is 56.1 Å². The number of hydrogen-bond acceptors (Lipinski definition) is 4. The van der Waals surface area contributed by atoms with Crippen LogP contribution in [0.3, 0.4) is 0 Å². The van der Waals surface area contributed by atoms with E-state index in [1.807, 2.05) is 13.8 Å². The largest absolute Gasteiger partial charge is 0.410 e. The Kier molecular flexibility index (Phi) is 4.82. The summed E-state index contributed by atoms with van der Waals surface area (Å²) in [5.41, 5.74) is 3.21. The quantitative estimate of drug-likeness (QED) is 0.815. The maximum Gasteiger partial charge on any atom is 0.410 e. The molecule has 2 aliphatic heterocycles. The zero-order chi connectivity index (χ0) is 20.9. The minimum atomic E-state index is -4.34. The molecule has 3 atom stereocenters. The molecule has 0 bridgehead atoms. The van der Waals surface area contributed by atoms with Gasteiger partial charge >= 0.3 is 6.18 Å². The lowest BCUT2D eigenvalue weighted by Gasteiger charge is -2.31. The molecule has 0 radical (unpaired) electrons. The van der Waals surface area contributed by atoms with Crippen LogP contribution < -0.4 is 5.32 Å². The summed E-state index contributed by atoms with van der Waals surface area (Å²) in [5.74, 6) is 0.342. The summed E-state index contributed by atoms with van der Waals surface area (Å²) >= 11 is 0. The van der Waals surface area contributed by atoms with Crippen molar-refractivity contribution < 1.29 is 18.0 Å². The number of halogens is 3. The number of anilines is 1.